The molecule has 280 valence electrons. The molecule has 0 amide bonds. The van der Waals surface area contributed by atoms with Gasteiger partial charge in [0.25, 0.3) is 10.1 Å². The Morgan fingerprint density at radius 2 is 0.914 bits per heavy atom. The predicted octanol–water partition coefficient (Wildman–Crippen LogP) is 14.2. The molecule has 0 heterocycles. The van der Waals surface area contributed by atoms with E-state index < -0.39 is 10.1 Å². The van der Waals surface area contributed by atoms with Crippen molar-refractivity contribution in [2.24, 2.45) is 30.7 Å². The highest BCUT2D eigenvalue weighted by molar-refractivity contribution is 7.86. The number of benzene rings is 9. The van der Waals surface area contributed by atoms with Crippen LogP contribution in [-0.2, 0) is 10.1 Å². The lowest BCUT2D eigenvalue weighted by Crippen LogP contribution is -1.98. The molecule has 0 saturated heterocycles. The van der Waals surface area contributed by atoms with Gasteiger partial charge in [-0.3, -0.25) is 4.55 Å². The van der Waals surface area contributed by atoms with Gasteiger partial charge in [-0.2, -0.15) is 13.5 Å². The molecule has 0 radical (unpaired) electrons. The number of phenolic OH excluding ortho intramolecular Hbond substituents is 1. The van der Waals surface area contributed by atoms with Crippen LogP contribution in [0.4, 0.5) is 45.5 Å². The first-order valence-corrected chi connectivity index (χ1v) is 19.6. The van der Waals surface area contributed by atoms with Gasteiger partial charge in [-0.1, -0.05) is 91.0 Å². The average Bonchev–Trinajstić information content (AvgIpc) is 3.25. The van der Waals surface area contributed by atoms with Gasteiger partial charge in [-0.15, -0.1) is 25.6 Å². The molecule has 58 heavy (non-hydrogen) atoms. The minimum atomic E-state index is -4.43. The number of nitrogens with zero attached hydrogens (tertiary/aromatic N) is 6. The summed E-state index contributed by atoms with van der Waals surface area (Å²) in [7, 11) is -4.43. The van der Waals surface area contributed by atoms with Crippen LogP contribution in [0.5, 0.6) is 5.75 Å². The summed E-state index contributed by atoms with van der Waals surface area (Å²) in [5.74, 6) is 0.0462. The molecule has 0 atom stereocenters. The number of anilines is 2. The molecule has 3 N–H and O–H groups in total. The summed E-state index contributed by atoms with van der Waals surface area (Å²) in [5, 5.41) is 47.5. The van der Waals surface area contributed by atoms with Crippen LogP contribution in [0.25, 0.3) is 43.1 Å². The summed E-state index contributed by atoms with van der Waals surface area (Å²) in [6.07, 6.45) is 0. The van der Waals surface area contributed by atoms with Crippen LogP contribution >= 0.6 is 0 Å². The molecule has 11 nitrogen and oxygen atoms in total. The minimum absolute atomic E-state index is 0.0462. The molecule has 0 aliphatic carbocycles. The summed E-state index contributed by atoms with van der Waals surface area (Å²) < 4.78 is 33.7. The normalized spacial score (nSPS) is 12.2. The van der Waals surface area contributed by atoms with E-state index in [1.54, 1.807) is 42.5 Å². The van der Waals surface area contributed by atoms with Crippen molar-refractivity contribution < 1.29 is 18.1 Å². The van der Waals surface area contributed by atoms with Crippen molar-refractivity contribution in [2.45, 2.75) is 4.90 Å². The maximum atomic E-state index is 12.0. The first kappa shape index (κ1) is 36.0. The molecule has 12 heteroatoms. The third-order valence-electron chi connectivity index (χ3n) is 9.70. The van der Waals surface area contributed by atoms with Gasteiger partial charge in [0.1, 0.15) is 10.6 Å². The van der Waals surface area contributed by atoms with Crippen molar-refractivity contribution in [3.05, 3.63) is 170 Å². The largest absolute Gasteiger partial charge is 0.505 e. The minimum Gasteiger partial charge on any atom is -0.505 e. The lowest BCUT2D eigenvalue weighted by molar-refractivity contribution is 0.482. The highest BCUT2D eigenvalue weighted by atomic mass is 32.2. The van der Waals surface area contributed by atoms with Gasteiger partial charge in [-0.25, -0.2) is 0 Å². The highest BCUT2D eigenvalue weighted by Gasteiger charge is 2.15. The Hall–Kier alpha value is -7.67. The zero-order valence-electron chi connectivity index (χ0n) is 30.5. The zero-order valence-corrected chi connectivity index (χ0v) is 31.3. The molecule has 0 aliphatic heterocycles. The summed E-state index contributed by atoms with van der Waals surface area (Å²) in [4.78, 5) is -0.192. The van der Waals surface area contributed by atoms with E-state index in [1.807, 2.05) is 121 Å². The van der Waals surface area contributed by atoms with E-state index in [2.05, 4.69) is 36.0 Å². The quantitative estimate of drug-likeness (QED) is 0.0980. The third-order valence-corrected chi connectivity index (χ3v) is 10.6. The number of rotatable bonds is 9. The number of nitrogens with one attached hydrogen (secondary N) is 1. The Bertz CT molecular complexity index is 3260. The number of hydrogen-bond acceptors (Lipinski definition) is 10. The van der Waals surface area contributed by atoms with Crippen molar-refractivity contribution in [1.29, 1.82) is 0 Å². The molecule has 0 saturated carbocycles. The van der Waals surface area contributed by atoms with E-state index in [1.165, 1.54) is 6.07 Å². The first-order chi connectivity index (χ1) is 28.3. The Labute approximate surface area is 332 Å². The van der Waals surface area contributed by atoms with Crippen molar-refractivity contribution in [3.63, 3.8) is 0 Å². The lowest BCUT2D eigenvalue weighted by atomic mass is 10.1. The molecule has 0 fully saturated rings. The Balaban J connectivity index is 0.981. The van der Waals surface area contributed by atoms with Gasteiger partial charge in [-0.05, 0) is 89.6 Å². The topological polar surface area (TPSA) is 161 Å². The van der Waals surface area contributed by atoms with Gasteiger partial charge >= 0.3 is 0 Å². The van der Waals surface area contributed by atoms with Crippen molar-refractivity contribution >= 4 is 98.7 Å². The second-order valence-electron chi connectivity index (χ2n) is 13.4. The molecule has 9 aromatic rings. The molecule has 0 spiro atoms. The second kappa shape index (κ2) is 15.1. The van der Waals surface area contributed by atoms with E-state index in [9.17, 15) is 18.1 Å². The van der Waals surface area contributed by atoms with Crippen LogP contribution in [0.1, 0.15) is 0 Å². The standard InChI is InChI=1S/C46H31N7O4S/c54-46-34-21-20-32(47-31-10-2-1-3-11-31)27-30(34)18-22-44(46)53-52-43-26-25-42(37-14-6-7-15-38(37)43)51-50-41-24-23-40(35-12-4-5-13-36(35)41)49-48-33-19-17-29-9-8-16-45(39(29)28-33)58(55,56)57/h1-28,47,54H,(H,55,56,57). The molecule has 0 aromatic heterocycles. The number of para-hydroxylation sites is 1. The fraction of sp³-hybridized carbons (Fsp3) is 0. The SMILES string of the molecule is O=S(=O)(O)c1cccc2ccc(N=Nc3ccc(N=Nc4ccc(N=Nc5ccc6cc(Nc7ccccc7)ccc6c5O)c5ccccc45)c4ccccc34)cc12. The van der Waals surface area contributed by atoms with Crippen molar-refractivity contribution in [2.75, 3.05) is 5.32 Å². The van der Waals surface area contributed by atoms with Crippen LogP contribution in [0.3, 0.4) is 0 Å². The molecule has 9 rings (SSSR count). The second-order valence-corrected chi connectivity index (χ2v) is 14.8. The van der Waals surface area contributed by atoms with E-state index in [4.69, 9.17) is 0 Å². The summed E-state index contributed by atoms with van der Waals surface area (Å²) in [5.41, 5.74) is 5.11. The highest BCUT2D eigenvalue weighted by Crippen LogP contribution is 2.41. The van der Waals surface area contributed by atoms with Gasteiger partial charge in [0.05, 0.1) is 28.4 Å². The van der Waals surface area contributed by atoms with Crippen LogP contribution in [0, 0.1) is 0 Å². The molecule has 9 aromatic carbocycles. The number of fused-ring (bicyclic) bond motifs is 4. The fourth-order valence-electron chi connectivity index (χ4n) is 6.88. The average molecular weight is 778 g/mol. The van der Waals surface area contributed by atoms with E-state index in [0.29, 0.717) is 50.3 Å². The number of azo groups is 3. The van der Waals surface area contributed by atoms with Crippen LogP contribution in [-0.4, -0.2) is 18.1 Å². The fourth-order valence-corrected chi connectivity index (χ4v) is 7.58. The Morgan fingerprint density at radius 1 is 0.397 bits per heavy atom. The Morgan fingerprint density at radius 3 is 1.50 bits per heavy atom. The van der Waals surface area contributed by atoms with Crippen LogP contribution in [0.15, 0.2) is 205 Å². The zero-order chi connectivity index (χ0) is 39.6. The van der Waals surface area contributed by atoms with E-state index in [0.717, 1.165) is 38.3 Å². The smallest absolute Gasteiger partial charge is 0.295 e. The maximum absolute atomic E-state index is 12.0. The van der Waals surface area contributed by atoms with Gasteiger partial charge in [0.15, 0.2) is 5.75 Å². The molecule has 0 bridgehead atoms. The summed E-state index contributed by atoms with van der Waals surface area (Å²) in [6, 6.07) is 51.7. The Kier molecular flexibility index (Phi) is 9.38. The first-order valence-electron chi connectivity index (χ1n) is 18.2. The van der Waals surface area contributed by atoms with Crippen molar-refractivity contribution in [3.8, 4) is 5.75 Å². The molecule has 0 aliphatic rings. The van der Waals surface area contributed by atoms with Gasteiger partial charge in [0.2, 0.25) is 0 Å². The molecular formula is C46H31N7O4S. The van der Waals surface area contributed by atoms with E-state index >= 15 is 0 Å². The van der Waals surface area contributed by atoms with Crippen molar-refractivity contribution in [1.82, 2.24) is 0 Å². The molecule has 0 unspecified atom stereocenters. The maximum Gasteiger partial charge on any atom is 0.295 e. The molecular weight excluding hydrogens is 747 g/mol. The number of phenols is 1. The predicted molar refractivity (Wildman–Crippen MR) is 230 cm³/mol. The summed E-state index contributed by atoms with van der Waals surface area (Å²) in [6.45, 7) is 0. The van der Waals surface area contributed by atoms with E-state index in [-0.39, 0.29) is 10.6 Å². The van der Waals surface area contributed by atoms with Crippen LogP contribution < -0.4 is 5.32 Å². The van der Waals surface area contributed by atoms with Gasteiger partial charge in [0, 0.05) is 43.7 Å². The number of hydrogen-bond donors (Lipinski definition) is 3. The monoisotopic (exact) mass is 777 g/mol. The lowest BCUT2D eigenvalue weighted by Gasteiger charge is -2.09. The summed E-state index contributed by atoms with van der Waals surface area (Å²) >= 11 is 0. The third kappa shape index (κ3) is 7.23. The van der Waals surface area contributed by atoms with Gasteiger partial charge < -0.3 is 10.4 Å². The van der Waals surface area contributed by atoms with Crippen LogP contribution in [0.2, 0.25) is 0 Å². The number of aromatic hydroxyl groups is 1.